The van der Waals surface area contributed by atoms with E-state index in [-0.39, 0.29) is 35.5 Å². The number of hydrogen-bond acceptors (Lipinski definition) is 5. The molecule has 0 spiro atoms. The lowest BCUT2D eigenvalue weighted by molar-refractivity contribution is -0.114. The van der Waals surface area contributed by atoms with Gasteiger partial charge in [-0.1, -0.05) is 29.3 Å². The Balaban J connectivity index is 1.71. The number of sulfonamides is 1. The molecular formula is C20H23Cl2N3O4S. The first kappa shape index (κ1) is 22.8. The maximum absolute atomic E-state index is 12.9. The molecule has 1 heterocycles. The molecule has 2 aromatic rings. The van der Waals surface area contributed by atoms with Crippen molar-refractivity contribution in [1.29, 1.82) is 0 Å². The number of morpholine rings is 1. The Morgan fingerprint density at radius 2 is 1.80 bits per heavy atom. The van der Waals surface area contributed by atoms with E-state index in [2.05, 4.69) is 10.6 Å². The number of rotatable bonds is 6. The molecule has 0 aliphatic carbocycles. The molecule has 10 heteroatoms. The molecule has 2 N–H and O–H groups in total. The quantitative estimate of drug-likeness (QED) is 0.670. The number of carbonyl (C=O) groups is 1. The molecule has 0 atom stereocenters. The van der Waals surface area contributed by atoms with E-state index in [1.807, 2.05) is 19.9 Å². The Kier molecular flexibility index (Phi) is 7.26. The van der Waals surface area contributed by atoms with Gasteiger partial charge in [0.2, 0.25) is 15.9 Å². The van der Waals surface area contributed by atoms with Crippen molar-refractivity contribution < 1.29 is 17.9 Å². The first-order valence-corrected chi connectivity index (χ1v) is 11.6. The summed E-state index contributed by atoms with van der Waals surface area (Å²) in [5.41, 5.74) is 2.89. The lowest BCUT2D eigenvalue weighted by atomic mass is 10.1. The molecule has 0 saturated carbocycles. The third-order valence-electron chi connectivity index (χ3n) is 4.67. The Morgan fingerprint density at radius 3 is 2.47 bits per heavy atom. The summed E-state index contributed by atoms with van der Waals surface area (Å²) in [6.07, 6.45) is 0. The topological polar surface area (TPSA) is 87.7 Å². The number of carbonyl (C=O) groups excluding carboxylic acids is 1. The molecule has 0 radical (unpaired) electrons. The van der Waals surface area contributed by atoms with Crippen LogP contribution in [0.2, 0.25) is 10.0 Å². The maximum Gasteiger partial charge on any atom is 0.244 e. The summed E-state index contributed by atoms with van der Waals surface area (Å²) < 4.78 is 32.4. The summed E-state index contributed by atoms with van der Waals surface area (Å²) in [5, 5.41) is 6.31. The molecule has 30 heavy (non-hydrogen) atoms. The van der Waals surface area contributed by atoms with Crippen molar-refractivity contribution in [2.75, 3.05) is 43.5 Å². The number of hydrogen-bond donors (Lipinski definition) is 2. The van der Waals surface area contributed by atoms with Gasteiger partial charge in [-0.3, -0.25) is 4.79 Å². The first-order valence-electron chi connectivity index (χ1n) is 9.36. The zero-order chi connectivity index (χ0) is 21.9. The monoisotopic (exact) mass is 471 g/mol. The van der Waals surface area contributed by atoms with Crippen LogP contribution >= 0.6 is 23.2 Å². The van der Waals surface area contributed by atoms with Crippen LogP contribution in [0.25, 0.3) is 0 Å². The van der Waals surface area contributed by atoms with Crippen molar-refractivity contribution in [1.82, 2.24) is 4.31 Å². The van der Waals surface area contributed by atoms with Gasteiger partial charge in [-0.25, -0.2) is 8.42 Å². The number of benzene rings is 2. The number of nitrogens with zero attached hydrogens (tertiary/aromatic N) is 1. The van der Waals surface area contributed by atoms with Gasteiger partial charge < -0.3 is 15.4 Å². The first-order chi connectivity index (χ1) is 14.2. The minimum absolute atomic E-state index is 0.00565. The van der Waals surface area contributed by atoms with Gasteiger partial charge >= 0.3 is 0 Å². The molecule has 3 rings (SSSR count). The number of halogens is 2. The minimum atomic E-state index is -3.75. The zero-order valence-electron chi connectivity index (χ0n) is 16.7. The van der Waals surface area contributed by atoms with Crippen LogP contribution in [-0.4, -0.2) is 51.5 Å². The van der Waals surface area contributed by atoms with Crippen LogP contribution in [0.15, 0.2) is 35.2 Å². The smallest absolute Gasteiger partial charge is 0.244 e. The lowest BCUT2D eigenvalue weighted by Crippen LogP contribution is -2.40. The standard InChI is InChI=1S/C20H23Cl2N3O4S/c1-13-9-14(2)20(17(22)10-13)24-19(26)12-23-15-3-4-16(21)18(11-15)30(27,28)25-5-7-29-8-6-25/h3-4,9-11,23H,5-8,12H2,1-2H3,(H,24,26). The molecule has 1 aliphatic heterocycles. The van der Waals surface area contributed by atoms with Gasteiger partial charge in [0.25, 0.3) is 0 Å². The number of aryl methyl sites for hydroxylation is 2. The van der Waals surface area contributed by atoms with Crippen molar-refractivity contribution in [3.63, 3.8) is 0 Å². The zero-order valence-corrected chi connectivity index (χ0v) is 19.0. The lowest BCUT2D eigenvalue weighted by Gasteiger charge is -2.26. The highest BCUT2D eigenvalue weighted by Crippen LogP contribution is 2.29. The predicted molar refractivity (Wildman–Crippen MR) is 119 cm³/mol. The van der Waals surface area contributed by atoms with E-state index in [9.17, 15) is 13.2 Å². The Morgan fingerprint density at radius 1 is 1.10 bits per heavy atom. The fourth-order valence-electron chi connectivity index (χ4n) is 3.18. The molecule has 162 valence electrons. The summed E-state index contributed by atoms with van der Waals surface area (Å²) in [6.45, 7) is 4.96. The van der Waals surface area contributed by atoms with Gasteiger partial charge in [0.1, 0.15) is 4.90 Å². The largest absolute Gasteiger partial charge is 0.379 e. The fraction of sp³-hybridized carbons (Fsp3) is 0.350. The highest BCUT2D eigenvalue weighted by atomic mass is 35.5. The number of amides is 1. The van der Waals surface area contributed by atoms with Crippen LogP contribution in [0.5, 0.6) is 0 Å². The van der Waals surface area contributed by atoms with Crippen molar-refractivity contribution in [3.8, 4) is 0 Å². The fourth-order valence-corrected chi connectivity index (χ4v) is 5.45. The van der Waals surface area contributed by atoms with Crippen molar-refractivity contribution in [3.05, 3.63) is 51.5 Å². The molecule has 0 aromatic heterocycles. The second-order valence-electron chi connectivity index (χ2n) is 7.00. The number of anilines is 2. The van der Waals surface area contributed by atoms with Crippen molar-refractivity contribution in [2.45, 2.75) is 18.7 Å². The molecule has 1 fully saturated rings. The Hall–Kier alpha value is -1.84. The van der Waals surface area contributed by atoms with Crippen LogP contribution in [0.3, 0.4) is 0 Å². The van der Waals surface area contributed by atoms with Crippen LogP contribution in [0, 0.1) is 13.8 Å². The molecule has 0 bridgehead atoms. The van der Waals surface area contributed by atoms with Gasteiger partial charge in [0.15, 0.2) is 0 Å². The molecule has 0 unspecified atom stereocenters. The summed E-state index contributed by atoms with van der Waals surface area (Å²) in [7, 11) is -3.75. The summed E-state index contributed by atoms with van der Waals surface area (Å²) >= 11 is 12.4. The van der Waals surface area contributed by atoms with E-state index in [1.165, 1.54) is 16.4 Å². The Labute approximate surface area is 186 Å². The van der Waals surface area contributed by atoms with Gasteiger partial charge in [-0.15, -0.1) is 0 Å². The SMILES string of the molecule is Cc1cc(C)c(NC(=O)CNc2ccc(Cl)c(S(=O)(=O)N3CCOCC3)c2)c(Cl)c1. The average Bonchev–Trinajstić information content (AvgIpc) is 2.70. The maximum atomic E-state index is 12.9. The van der Waals surface area contributed by atoms with Gasteiger partial charge in [-0.05, 0) is 49.2 Å². The summed E-state index contributed by atoms with van der Waals surface area (Å²) in [6, 6.07) is 8.26. The summed E-state index contributed by atoms with van der Waals surface area (Å²) in [4.78, 5) is 12.4. The third kappa shape index (κ3) is 5.25. The van der Waals surface area contributed by atoms with E-state index < -0.39 is 10.0 Å². The normalized spacial score (nSPS) is 15.1. The van der Waals surface area contributed by atoms with Gasteiger partial charge in [0, 0.05) is 18.8 Å². The van der Waals surface area contributed by atoms with E-state index in [1.54, 1.807) is 12.1 Å². The van der Waals surface area contributed by atoms with Crippen LogP contribution in [0.1, 0.15) is 11.1 Å². The number of nitrogens with one attached hydrogen (secondary N) is 2. The minimum Gasteiger partial charge on any atom is -0.379 e. The molecule has 7 nitrogen and oxygen atoms in total. The second-order valence-corrected chi connectivity index (χ2v) is 9.72. The Bertz CT molecular complexity index is 1030. The average molecular weight is 472 g/mol. The molecular weight excluding hydrogens is 449 g/mol. The van der Waals surface area contributed by atoms with Gasteiger partial charge in [-0.2, -0.15) is 4.31 Å². The molecule has 1 saturated heterocycles. The summed E-state index contributed by atoms with van der Waals surface area (Å²) in [5.74, 6) is -0.309. The second kappa shape index (κ2) is 9.53. The van der Waals surface area contributed by atoms with Crippen molar-refractivity contribution >= 4 is 50.5 Å². The highest BCUT2D eigenvalue weighted by Gasteiger charge is 2.28. The van der Waals surface area contributed by atoms with E-state index in [0.717, 1.165) is 11.1 Å². The molecule has 2 aromatic carbocycles. The van der Waals surface area contributed by atoms with E-state index >= 15 is 0 Å². The number of ether oxygens (including phenoxy) is 1. The van der Waals surface area contributed by atoms with E-state index in [4.69, 9.17) is 27.9 Å². The van der Waals surface area contributed by atoms with Gasteiger partial charge in [0.05, 0.1) is 35.5 Å². The highest BCUT2D eigenvalue weighted by molar-refractivity contribution is 7.89. The predicted octanol–water partition coefficient (Wildman–Crippen LogP) is 3.68. The molecule has 1 aliphatic rings. The van der Waals surface area contributed by atoms with Crippen LogP contribution in [-0.2, 0) is 19.6 Å². The molecule has 1 amide bonds. The van der Waals surface area contributed by atoms with Crippen LogP contribution in [0.4, 0.5) is 11.4 Å². The van der Waals surface area contributed by atoms with Crippen LogP contribution < -0.4 is 10.6 Å². The van der Waals surface area contributed by atoms with Crippen molar-refractivity contribution in [2.24, 2.45) is 0 Å². The third-order valence-corrected chi connectivity index (χ3v) is 7.35. The van der Waals surface area contributed by atoms with E-state index in [0.29, 0.717) is 29.6 Å².